The van der Waals surface area contributed by atoms with E-state index in [1.165, 1.54) is 11.0 Å². The highest BCUT2D eigenvalue weighted by atomic mass is 35.7. The number of hydrogen-bond acceptors (Lipinski definition) is 3. The van der Waals surface area contributed by atoms with Gasteiger partial charge in [0.25, 0.3) is 0 Å². The molecule has 0 bridgehead atoms. The molecule has 0 radical (unpaired) electrons. The van der Waals surface area contributed by atoms with Crippen molar-refractivity contribution in [3.8, 4) is 0 Å². The number of oxazole rings is 1. The molecule has 0 aliphatic heterocycles. The van der Waals surface area contributed by atoms with Crippen LogP contribution in [-0.2, 0) is 0 Å². The Morgan fingerprint density at radius 2 is 2.33 bits per heavy atom. The van der Waals surface area contributed by atoms with Crippen molar-refractivity contribution in [2.45, 2.75) is 11.8 Å². The summed E-state index contributed by atoms with van der Waals surface area (Å²) in [6.07, 6.45) is 0. The van der Waals surface area contributed by atoms with Crippen LogP contribution in [0.15, 0.2) is 27.5 Å². The Morgan fingerprint density at radius 1 is 1.50 bits per heavy atom. The van der Waals surface area contributed by atoms with Gasteiger partial charge in [0.2, 0.25) is 0 Å². The number of hydrogen-bond donors (Lipinski definition) is 0. The first-order chi connectivity index (χ1) is 5.79. The van der Waals surface area contributed by atoms with Gasteiger partial charge < -0.3 is 4.42 Å². The van der Waals surface area contributed by atoms with Crippen molar-refractivity contribution < 1.29 is 4.42 Å². The summed E-state index contributed by atoms with van der Waals surface area (Å²) in [7, 11) is 6.77. The number of nitrogens with zero attached hydrogens (tertiary/aromatic N) is 1. The summed E-state index contributed by atoms with van der Waals surface area (Å²) in [6.45, 7) is 1.83. The first-order valence-corrected chi connectivity index (χ1v) is 5.09. The van der Waals surface area contributed by atoms with E-state index in [0.29, 0.717) is 5.89 Å². The average Bonchev–Trinajstić information content (AvgIpc) is 2.43. The van der Waals surface area contributed by atoms with Crippen LogP contribution in [0.25, 0.3) is 11.1 Å². The smallest absolute Gasteiger partial charge is 0.192 e. The lowest BCUT2D eigenvalue weighted by Gasteiger charge is -1.90. The van der Waals surface area contributed by atoms with Gasteiger partial charge >= 0.3 is 0 Å². The minimum absolute atomic E-state index is 0.682. The van der Waals surface area contributed by atoms with Crippen molar-refractivity contribution in [1.82, 2.24) is 4.98 Å². The van der Waals surface area contributed by atoms with E-state index >= 15 is 0 Å². The SMILES string of the molecule is Cc1nc2ccc(SCl)cc2o1. The lowest BCUT2D eigenvalue weighted by atomic mass is 10.3. The Morgan fingerprint density at radius 3 is 3.08 bits per heavy atom. The van der Waals surface area contributed by atoms with Crippen LogP contribution in [0.1, 0.15) is 5.89 Å². The second kappa shape index (κ2) is 2.99. The monoisotopic (exact) mass is 199 g/mol. The molecule has 0 N–H and O–H groups in total. The molecule has 1 aromatic carbocycles. The second-order valence-electron chi connectivity index (χ2n) is 2.44. The molecule has 62 valence electrons. The third-order valence-corrected chi connectivity index (χ3v) is 2.52. The van der Waals surface area contributed by atoms with Crippen LogP contribution in [-0.4, -0.2) is 4.98 Å². The number of aryl methyl sites for hydroxylation is 1. The van der Waals surface area contributed by atoms with Crippen LogP contribution >= 0.6 is 21.7 Å². The van der Waals surface area contributed by atoms with Crippen LogP contribution in [0.3, 0.4) is 0 Å². The Labute approximate surface area is 78.4 Å². The number of benzene rings is 1. The van der Waals surface area contributed by atoms with Crippen molar-refractivity contribution in [2.75, 3.05) is 0 Å². The summed E-state index contributed by atoms with van der Waals surface area (Å²) in [4.78, 5) is 5.14. The lowest BCUT2D eigenvalue weighted by molar-refractivity contribution is 0.560. The molecule has 2 rings (SSSR count). The molecule has 0 aliphatic carbocycles. The fourth-order valence-electron chi connectivity index (χ4n) is 1.07. The van der Waals surface area contributed by atoms with Gasteiger partial charge in [0, 0.05) is 11.8 Å². The highest BCUT2D eigenvalue weighted by molar-refractivity contribution is 8.21. The van der Waals surface area contributed by atoms with E-state index in [-0.39, 0.29) is 0 Å². The number of rotatable bonds is 1. The van der Waals surface area contributed by atoms with Crippen molar-refractivity contribution in [3.05, 3.63) is 24.1 Å². The molecule has 0 saturated heterocycles. The van der Waals surface area contributed by atoms with Crippen LogP contribution in [0.4, 0.5) is 0 Å². The fraction of sp³-hybridized carbons (Fsp3) is 0.125. The van der Waals surface area contributed by atoms with Gasteiger partial charge in [0.15, 0.2) is 11.5 Å². The maximum Gasteiger partial charge on any atom is 0.192 e. The molecule has 4 heteroatoms. The average molecular weight is 200 g/mol. The minimum Gasteiger partial charge on any atom is -0.441 e. The molecule has 2 nitrogen and oxygen atoms in total. The van der Waals surface area contributed by atoms with Gasteiger partial charge in [-0.2, -0.15) is 0 Å². The normalized spacial score (nSPS) is 10.8. The van der Waals surface area contributed by atoms with Gasteiger partial charge in [-0.3, -0.25) is 0 Å². The summed E-state index contributed by atoms with van der Waals surface area (Å²) in [5.74, 6) is 0.682. The molecule has 0 saturated carbocycles. The van der Waals surface area contributed by atoms with Crippen LogP contribution in [0.5, 0.6) is 0 Å². The van der Waals surface area contributed by atoms with E-state index in [2.05, 4.69) is 4.98 Å². The van der Waals surface area contributed by atoms with Gasteiger partial charge in [0.1, 0.15) is 5.52 Å². The molecule has 0 fully saturated rings. The van der Waals surface area contributed by atoms with Gasteiger partial charge in [-0.1, -0.05) is 0 Å². The van der Waals surface area contributed by atoms with E-state index in [1.54, 1.807) is 0 Å². The molecule has 1 aromatic heterocycles. The Balaban J connectivity index is 2.66. The van der Waals surface area contributed by atoms with Crippen LogP contribution in [0.2, 0.25) is 0 Å². The zero-order valence-corrected chi connectivity index (χ0v) is 7.95. The molecule has 0 atom stereocenters. The fourth-order valence-corrected chi connectivity index (χ4v) is 1.63. The first kappa shape index (κ1) is 7.95. The standard InChI is InChI=1S/C8H6ClNOS/c1-5-10-7-3-2-6(12-9)4-8(7)11-5/h2-4H,1H3. The summed E-state index contributed by atoms with van der Waals surface area (Å²) in [5.41, 5.74) is 1.67. The maximum absolute atomic E-state index is 5.59. The molecule has 0 unspecified atom stereocenters. The maximum atomic E-state index is 5.59. The number of halogens is 1. The van der Waals surface area contributed by atoms with Gasteiger partial charge in [-0.05, 0) is 39.9 Å². The zero-order chi connectivity index (χ0) is 8.55. The highest BCUT2D eigenvalue weighted by Crippen LogP contribution is 2.26. The number of aromatic nitrogens is 1. The first-order valence-electron chi connectivity index (χ1n) is 3.45. The van der Waals surface area contributed by atoms with E-state index in [4.69, 9.17) is 15.1 Å². The number of fused-ring (bicyclic) bond motifs is 1. The van der Waals surface area contributed by atoms with Crippen LogP contribution in [0, 0.1) is 6.92 Å². The third-order valence-electron chi connectivity index (χ3n) is 1.56. The molecular formula is C8H6ClNOS. The van der Waals surface area contributed by atoms with Gasteiger partial charge in [0.05, 0.1) is 0 Å². The van der Waals surface area contributed by atoms with Crippen molar-refractivity contribution >= 4 is 32.8 Å². The molecule has 12 heavy (non-hydrogen) atoms. The predicted octanol–water partition coefficient (Wildman–Crippen LogP) is 3.38. The Hall–Kier alpha value is -0.670. The Kier molecular flexibility index (Phi) is 1.98. The van der Waals surface area contributed by atoms with Crippen molar-refractivity contribution in [2.24, 2.45) is 0 Å². The van der Waals surface area contributed by atoms with Gasteiger partial charge in [-0.15, -0.1) is 0 Å². The van der Waals surface area contributed by atoms with E-state index < -0.39 is 0 Å². The third kappa shape index (κ3) is 1.30. The minimum atomic E-state index is 0.682. The largest absolute Gasteiger partial charge is 0.441 e. The van der Waals surface area contributed by atoms with Crippen LogP contribution < -0.4 is 0 Å². The van der Waals surface area contributed by atoms with E-state index in [0.717, 1.165) is 16.0 Å². The molecule has 0 spiro atoms. The van der Waals surface area contributed by atoms with E-state index in [9.17, 15) is 0 Å². The lowest BCUT2D eigenvalue weighted by Crippen LogP contribution is -1.68. The summed E-state index contributed by atoms with van der Waals surface area (Å²) < 4.78 is 5.33. The highest BCUT2D eigenvalue weighted by Gasteiger charge is 2.02. The molecule has 2 aromatic rings. The predicted molar refractivity (Wildman–Crippen MR) is 50.5 cm³/mol. The summed E-state index contributed by atoms with van der Waals surface area (Å²) in [5, 5.41) is 0. The topological polar surface area (TPSA) is 26.0 Å². The zero-order valence-electron chi connectivity index (χ0n) is 6.37. The summed E-state index contributed by atoms with van der Waals surface area (Å²) >= 11 is 0. The molecule has 0 amide bonds. The van der Waals surface area contributed by atoms with E-state index in [1.807, 2.05) is 25.1 Å². The molecule has 0 aliphatic rings. The van der Waals surface area contributed by atoms with Gasteiger partial charge in [-0.25, -0.2) is 4.98 Å². The molecule has 1 heterocycles. The summed E-state index contributed by atoms with van der Waals surface area (Å²) in [6, 6.07) is 5.70. The Bertz CT molecular complexity index is 412. The van der Waals surface area contributed by atoms with Crippen molar-refractivity contribution in [3.63, 3.8) is 0 Å². The van der Waals surface area contributed by atoms with Crippen molar-refractivity contribution in [1.29, 1.82) is 0 Å². The second-order valence-corrected chi connectivity index (χ2v) is 3.53. The quantitative estimate of drug-likeness (QED) is 0.704. The molecular weight excluding hydrogens is 194 g/mol.